The van der Waals surface area contributed by atoms with Crippen LogP contribution in [0.15, 0.2) is 28.9 Å². The molecule has 4 rings (SSSR count). The van der Waals surface area contributed by atoms with Crippen LogP contribution in [0, 0.1) is 0 Å². The zero-order valence-corrected chi connectivity index (χ0v) is 13.2. The fraction of sp³-hybridized carbons (Fsp3) is 0.353. The summed E-state index contributed by atoms with van der Waals surface area (Å²) in [4.78, 5) is 12.5. The Morgan fingerprint density at radius 2 is 1.91 bits per heavy atom. The van der Waals surface area contributed by atoms with Gasteiger partial charge in [-0.25, -0.2) is 0 Å². The monoisotopic (exact) mass is 333 g/mol. The summed E-state index contributed by atoms with van der Waals surface area (Å²) in [5, 5.41) is 3.26. The molecular formula is C17H16ClNO4. The van der Waals surface area contributed by atoms with Crippen LogP contribution in [0.4, 0.5) is 5.69 Å². The van der Waals surface area contributed by atoms with Crippen LogP contribution in [0.3, 0.4) is 0 Å². The summed E-state index contributed by atoms with van der Waals surface area (Å²) in [6.07, 6.45) is 4.50. The van der Waals surface area contributed by atoms with Crippen LogP contribution in [0.25, 0.3) is 0 Å². The van der Waals surface area contributed by atoms with E-state index in [1.165, 1.54) is 0 Å². The average molecular weight is 334 g/mol. The third-order valence-corrected chi connectivity index (χ3v) is 4.29. The lowest BCUT2D eigenvalue weighted by Gasteiger charge is -2.12. The Balaban J connectivity index is 1.59. The number of amides is 1. The van der Waals surface area contributed by atoms with Gasteiger partial charge in [-0.1, -0.05) is 11.6 Å². The third-order valence-electron chi connectivity index (χ3n) is 3.97. The first-order valence-electron chi connectivity index (χ1n) is 7.70. The number of carbonyl (C=O) groups excluding carboxylic acids is 1. The van der Waals surface area contributed by atoms with Crippen molar-refractivity contribution in [1.82, 2.24) is 0 Å². The van der Waals surface area contributed by atoms with Gasteiger partial charge >= 0.3 is 0 Å². The second-order valence-corrected chi connectivity index (χ2v) is 6.16. The number of nitrogens with one attached hydrogen (secondary N) is 1. The van der Waals surface area contributed by atoms with Crippen LogP contribution in [0.2, 0.25) is 5.02 Å². The molecule has 5 nitrogen and oxygen atoms in total. The fourth-order valence-corrected chi connectivity index (χ4v) is 2.84. The predicted molar refractivity (Wildman–Crippen MR) is 85.7 cm³/mol. The number of carbonyl (C=O) groups is 1. The van der Waals surface area contributed by atoms with Gasteiger partial charge in [0.05, 0.1) is 35.8 Å². The molecular weight excluding hydrogens is 318 g/mol. The van der Waals surface area contributed by atoms with Crippen molar-refractivity contribution < 1.29 is 18.7 Å². The van der Waals surface area contributed by atoms with Crippen molar-refractivity contribution in [1.29, 1.82) is 0 Å². The van der Waals surface area contributed by atoms with Gasteiger partial charge in [0.1, 0.15) is 5.76 Å². The molecule has 120 valence electrons. The summed E-state index contributed by atoms with van der Waals surface area (Å²) in [7, 11) is 0. The van der Waals surface area contributed by atoms with Gasteiger partial charge in [-0.05, 0) is 18.9 Å². The highest BCUT2D eigenvalue weighted by atomic mass is 35.5. The first-order chi connectivity index (χ1) is 11.2. The van der Waals surface area contributed by atoms with Gasteiger partial charge in [-0.2, -0.15) is 0 Å². The smallest absolute Gasteiger partial charge is 0.259 e. The lowest BCUT2D eigenvalue weighted by molar-refractivity contribution is 0.102. The topological polar surface area (TPSA) is 60.7 Å². The summed E-state index contributed by atoms with van der Waals surface area (Å²) in [5.41, 5.74) is 1.07. The van der Waals surface area contributed by atoms with Crippen molar-refractivity contribution in [2.75, 3.05) is 18.5 Å². The molecule has 1 aliphatic heterocycles. The number of fused-ring (bicyclic) bond motifs is 1. The van der Waals surface area contributed by atoms with Gasteiger partial charge in [-0.15, -0.1) is 0 Å². The first kappa shape index (κ1) is 14.5. The molecule has 2 aromatic rings. The summed E-state index contributed by atoms with van der Waals surface area (Å²) in [5.74, 6) is 2.10. The van der Waals surface area contributed by atoms with E-state index < -0.39 is 0 Å². The molecule has 0 spiro atoms. The standard InChI is InChI=1S/C17H16ClNO4/c18-12-8-14-15(22-6-1-5-21-14)9-13(12)19-17(20)11-4-7-23-16(11)10-2-3-10/h4,7-10H,1-3,5-6H2,(H,19,20). The highest BCUT2D eigenvalue weighted by Gasteiger charge is 2.31. The van der Waals surface area contributed by atoms with Crippen molar-refractivity contribution in [2.24, 2.45) is 0 Å². The summed E-state index contributed by atoms with van der Waals surface area (Å²) >= 11 is 6.26. The summed E-state index contributed by atoms with van der Waals surface area (Å²) in [6, 6.07) is 5.08. The molecule has 0 atom stereocenters. The molecule has 2 heterocycles. The van der Waals surface area contributed by atoms with E-state index >= 15 is 0 Å². The Morgan fingerprint density at radius 3 is 2.65 bits per heavy atom. The quantitative estimate of drug-likeness (QED) is 0.913. The largest absolute Gasteiger partial charge is 0.490 e. The highest BCUT2D eigenvalue weighted by Crippen LogP contribution is 2.42. The minimum absolute atomic E-state index is 0.225. The van der Waals surface area contributed by atoms with Crippen molar-refractivity contribution in [2.45, 2.75) is 25.2 Å². The lowest BCUT2D eigenvalue weighted by Crippen LogP contribution is -2.13. The Labute approximate surface area is 138 Å². The molecule has 23 heavy (non-hydrogen) atoms. The van der Waals surface area contributed by atoms with Gasteiger partial charge in [0, 0.05) is 24.5 Å². The summed E-state index contributed by atoms with van der Waals surface area (Å²) in [6.45, 7) is 1.17. The van der Waals surface area contributed by atoms with Crippen LogP contribution in [0.5, 0.6) is 11.5 Å². The van der Waals surface area contributed by atoms with E-state index in [0.717, 1.165) is 25.0 Å². The number of furan rings is 1. The normalized spacial score (nSPS) is 16.7. The maximum absolute atomic E-state index is 12.5. The Bertz CT molecular complexity index is 751. The van der Waals surface area contributed by atoms with Crippen LogP contribution >= 0.6 is 11.6 Å². The first-order valence-corrected chi connectivity index (χ1v) is 8.08. The SMILES string of the molecule is O=C(Nc1cc2c(cc1Cl)OCCCO2)c1ccoc1C1CC1. The predicted octanol–water partition coefficient (Wildman–Crippen LogP) is 4.22. The van der Waals surface area contributed by atoms with E-state index in [9.17, 15) is 4.79 Å². The van der Waals surface area contributed by atoms with Crippen molar-refractivity contribution in [3.8, 4) is 11.5 Å². The van der Waals surface area contributed by atoms with Crippen molar-refractivity contribution >= 4 is 23.2 Å². The number of ether oxygens (including phenoxy) is 2. The van der Waals surface area contributed by atoms with Crippen molar-refractivity contribution in [3.63, 3.8) is 0 Å². The molecule has 0 saturated heterocycles. The molecule has 1 aliphatic carbocycles. The molecule has 1 aromatic carbocycles. The Kier molecular flexibility index (Phi) is 3.65. The maximum Gasteiger partial charge on any atom is 0.259 e. The number of benzene rings is 1. The molecule has 1 N–H and O–H groups in total. The molecule has 0 unspecified atom stereocenters. The minimum atomic E-state index is -0.225. The molecule has 1 fully saturated rings. The molecule has 6 heteroatoms. The molecule has 1 saturated carbocycles. The van der Waals surface area contributed by atoms with Gasteiger partial charge < -0.3 is 19.2 Å². The van der Waals surface area contributed by atoms with E-state index in [0.29, 0.717) is 46.9 Å². The van der Waals surface area contributed by atoms with Crippen LogP contribution < -0.4 is 14.8 Å². The third kappa shape index (κ3) is 2.88. The molecule has 2 aliphatic rings. The molecule has 1 aromatic heterocycles. The molecule has 1 amide bonds. The number of anilines is 1. The Hall–Kier alpha value is -2.14. The number of halogens is 1. The van der Waals surface area contributed by atoms with Crippen molar-refractivity contribution in [3.05, 3.63) is 40.8 Å². The highest BCUT2D eigenvalue weighted by molar-refractivity contribution is 6.34. The number of hydrogen-bond donors (Lipinski definition) is 1. The van der Waals surface area contributed by atoms with E-state index in [4.69, 9.17) is 25.5 Å². The van der Waals surface area contributed by atoms with Crippen LogP contribution in [-0.2, 0) is 0 Å². The molecule has 0 radical (unpaired) electrons. The van der Waals surface area contributed by atoms with E-state index in [1.807, 2.05) is 0 Å². The van der Waals surface area contributed by atoms with Gasteiger partial charge in [0.25, 0.3) is 5.91 Å². The van der Waals surface area contributed by atoms with E-state index in [2.05, 4.69) is 5.32 Å². The second-order valence-electron chi connectivity index (χ2n) is 5.76. The minimum Gasteiger partial charge on any atom is -0.490 e. The van der Waals surface area contributed by atoms with Gasteiger partial charge in [0.15, 0.2) is 11.5 Å². The average Bonchev–Trinajstić information content (AvgIpc) is 3.30. The van der Waals surface area contributed by atoms with E-state index in [-0.39, 0.29) is 5.91 Å². The van der Waals surface area contributed by atoms with Crippen LogP contribution in [0.1, 0.15) is 41.3 Å². The van der Waals surface area contributed by atoms with Gasteiger partial charge in [-0.3, -0.25) is 4.79 Å². The Morgan fingerprint density at radius 1 is 1.17 bits per heavy atom. The second kappa shape index (κ2) is 5.81. The zero-order valence-electron chi connectivity index (χ0n) is 12.4. The number of rotatable bonds is 3. The van der Waals surface area contributed by atoms with Gasteiger partial charge in [0.2, 0.25) is 0 Å². The zero-order chi connectivity index (χ0) is 15.8. The van der Waals surface area contributed by atoms with E-state index in [1.54, 1.807) is 24.5 Å². The molecule has 0 bridgehead atoms. The summed E-state index contributed by atoms with van der Waals surface area (Å²) < 4.78 is 16.7. The maximum atomic E-state index is 12.5. The van der Waals surface area contributed by atoms with Crippen LogP contribution in [-0.4, -0.2) is 19.1 Å². The number of hydrogen-bond acceptors (Lipinski definition) is 4. The fourth-order valence-electron chi connectivity index (χ4n) is 2.64. The lowest BCUT2D eigenvalue weighted by atomic mass is 10.1.